The van der Waals surface area contributed by atoms with Gasteiger partial charge >= 0.3 is 0 Å². The normalized spacial score (nSPS) is 14.1. The highest BCUT2D eigenvalue weighted by Crippen LogP contribution is 2.24. The van der Waals surface area contributed by atoms with Crippen LogP contribution in [0.3, 0.4) is 0 Å². The molecule has 0 aliphatic heterocycles. The summed E-state index contributed by atoms with van der Waals surface area (Å²) in [7, 11) is 0. The van der Waals surface area contributed by atoms with Crippen molar-refractivity contribution in [3.63, 3.8) is 0 Å². The molecule has 6 heteroatoms. The van der Waals surface area contributed by atoms with Crippen molar-refractivity contribution in [2.45, 2.75) is 38.8 Å². The number of nitro benzene ring substituents is 1. The lowest BCUT2D eigenvalue weighted by molar-refractivity contribution is -0.385. The largest absolute Gasteiger partial charge is 0.394 e. The molecule has 2 N–H and O–H groups in total. The van der Waals surface area contributed by atoms with Crippen LogP contribution in [0.1, 0.15) is 32.3 Å². The molecule has 0 radical (unpaired) electrons. The zero-order valence-electron chi connectivity index (χ0n) is 11.1. The Balaban J connectivity index is 2.87. The number of benzene rings is 1. The van der Waals surface area contributed by atoms with E-state index < -0.39 is 5.54 Å². The number of nitrogens with one attached hydrogen (secondary N) is 1. The number of aliphatic hydroxyl groups excluding tert-OH is 1. The van der Waals surface area contributed by atoms with Crippen LogP contribution >= 0.6 is 15.9 Å². The Kier molecular flexibility index (Phi) is 5.90. The summed E-state index contributed by atoms with van der Waals surface area (Å²) in [6.07, 6.45) is 1.75. The summed E-state index contributed by atoms with van der Waals surface area (Å²) in [5.74, 6) is 0. The van der Waals surface area contributed by atoms with Gasteiger partial charge in [0.05, 0.1) is 11.5 Å². The zero-order valence-corrected chi connectivity index (χ0v) is 12.7. The fourth-order valence-corrected chi connectivity index (χ4v) is 2.37. The molecule has 5 nitrogen and oxygen atoms in total. The molecule has 0 aliphatic rings. The van der Waals surface area contributed by atoms with Gasteiger partial charge in [-0.05, 0) is 25.5 Å². The van der Waals surface area contributed by atoms with Gasteiger partial charge < -0.3 is 10.4 Å². The summed E-state index contributed by atoms with van der Waals surface area (Å²) < 4.78 is 0.802. The Labute approximate surface area is 121 Å². The van der Waals surface area contributed by atoms with Crippen molar-refractivity contribution in [3.05, 3.63) is 38.3 Å². The average Bonchev–Trinajstić information content (AvgIpc) is 2.36. The number of aliphatic hydroxyl groups is 1. The quantitative estimate of drug-likeness (QED) is 0.595. The van der Waals surface area contributed by atoms with Gasteiger partial charge in [0.2, 0.25) is 0 Å². The lowest BCUT2D eigenvalue weighted by Gasteiger charge is -2.28. The van der Waals surface area contributed by atoms with E-state index in [9.17, 15) is 15.2 Å². The minimum atomic E-state index is -0.412. The van der Waals surface area contributed by atoms with E-state index in [1.165, 1.54) is 6.07 Å². The Bertz CT molecular complexity index is 454. The molecule has 1 atom stereocenters. The van der Waals surface area contributed by atoms with E-state index in [2.05, 4.69) is 21.2 Å². The zero-order chi connectivity index (χ0) is 14.5. The molecule has 1 aromatic carbocycles. The van der Waals surface area contributed by atoms with Crippen LogP contribution in [0.2, 0.25) is 0 Å². The third kappa shape index (κ3) is 4.56. The highest BCUT2D eigenvalue weighted by Gasteiger charge is 2.23. The first-order valence-corrected chi connectivity index (χ1v) is 7.00. The second-order valence-corrected chi connectivity index (χ2v) is 5.77. The van der Waals surface area contributed by atoms with Gasteiger partial charge in [-0.25, -0.2) is 0 Å². The van der Waals surface area contributed by atoms with Gasteiger partial charge in [-0.15, -0.1) is 0 Å². The van der Waals surface area contributed by atoms with Gasteiger partial charge in [-0.1, -0.05) is 29.3 Å². The number of hydrogen-bond acceptors (Lipinski definition) is 4. The van der Waals surface area contributed by atoms with E-state index in [0.717, 1.165) is 17.3 Å². The van der Waals surface area contributed by atoms with E-state index in [0.29, 0.717) is 12.1 Å². The fraction of sp³-hybridized carbons (Fsp3) is 0.538. The van der Waals surface area contributed by atoms with E-state index in [4.69, 9.17) is 0 Å². The molecule has 19 heavy (non-hydrogen) atoms. The Morgan fingerprint density at radius 3 is 2.74 bits per heavy atom. The first-order chi connectivity index (χ1) is 8.91. The van der Waals surface area contributed by atoms with E-state index in [1.54, 1.807) is 12.1 Å². The maximum Gasteiger partial charge on any atom is 0.273 e. The minimum absolute atomic E-state index is 0.00262. The predicted octanol–water partition coefficient (Wildman–Crippen LogP) is 3.00. The summed E-state index contributed by atoms with van der Waals surface area (Å²) in [5.41, 5.74) is 0.285. The van der Waals surface area contributed by atoms with E-state index >= 15 is 0 Å². The van der Waals surface area contributed by atoms with Crippen LogP contribution in [0.4, 0.5) is 5.69 Å². The SMILES string of the molecule is CCCC(C)(CO)NCc1cc(Br)ccc1[N+](=O)[O-]. The van der Waals surface area contributed by atoms with Crippen molar-refractivity contribution in [1.82, 2.24) is 5.32 Å². The molecule has 0 spiro atoms. The number of nitro groups is 1. The highest BCUT2D eigenvalue weighted by atomic mass is 79.9. The van der Waals surface area contributed by atoms with Gasteiger partial charge in [0.1, 0.15) is 0 Å². The minimum Gasteiger partial charge on any atom is -0.394 e. The number of rotatable bonds is 7. The standard InChI is InChI=1S/C13H19BrN2O3/c1-3-6-13(2,9-17)15-8-10-7-11(14)4-5-12(10)16(18)19/h4-5,7,15,17H,3,6,8-9H2,1-2H3. The first kappa shape index (κ1) is 16.1. The fourth-order valence-electron chi connectivity index (χ4n) is 1.96. The Morgan fingerprint density at radius 2 is 2.21 bits per heavy atom. The van der Waals surface area contributed by atoms with E-state index in [-0.39, 0.29) is 17.2 Å². The van der Waals surface area contributed by atoms with Crippen molar-refractivity contribution in [2.24, 2.45) is 0 Å². The maximum absolute atomic E-state index is 11.0. The average molecular weight is 331 g/mol. The first-order valence-electron chi connectivity index (χ1n) is 6.20. The molecule has 1 unspecified atom stereocenters. The van der Waals surface area contributed by atoms with Gasteiger partial charge in [0, 0.05) is 28.2 Å². The van der Waals surface area contributed by atoms with Gasteiger partial charge in [-0.3, -0.25) is 10.1 Å². The molecule has 0 aliphatic carbocycles. The molecule has 0 bridgehead atoms. The molecule has 106 valence electrons. The summed E-state index contributed by atoms with van der Waals surface area (Å²) >= 11 is 3.31. The molecule has 0 amide bonds. The van der Waals surface area contributed by atoms with Gasteiger partial charge in [-0.2, -0.15) is 0 Å². The van der Waals surface area contributed by atoms with Crippen LogP contribution < -0.4 is 5.32 Å². The maximum atomic E-state index is 11.0. The van der Waals surface area contributed by atoms with Gasteiger partial charge in [0.15, 0.2) is 0 Å². The summed E-state index contributed by atoms with van der Waals surface area (Å²) in [4.78, 5) is 10.6. The summed E-state index contributed by atoms with van der Waals surface area (Å²) in [6.45, 7) is 4.31. The second-order valence-electron chi connectivity index (χ2n) is 4.85. The molecule has 1 rings (SSSR count). The van der Waals surface area contributed by atoms with Crippen LogP contribution in [-0.4, -0.2) is 22.2 Å². The number of halogens is 1. The second kappa shape index (κ2) is 6.98. The lowest BCUT2D eigenvalue weighted by Crippen LogP contribution is -2.45. The molecule has 0 aromatic heterocycles. The highest BCUT2D eigenvalue weighted by molar-refractivity contribution is 9.10. The van der Waals surface area contributed by atoms with Crippen LogP contribution in [-0.2, 0) is 6.54 Å². The lowest BCUT2D eigenvalue weighted by atomic mass is 9.97. The third-order valence-electron chi connectivity index (χ3n) is 3.09. The van der Waals surface area contributed by atoms with Crippen molar-refractivity contribution >= 4 is 21.6 Å². The van der Waals surface area contributed by atoms with Crippen LogP contribution in [0.25, 0.3) is 0 Å². The monoisotopic (exact) mass is 330 g/mol. The van der Waals surface area contributed by atoms with Crippen molar-refractivity contribution in [3.8, 4) is 0 Å². The Hall–Kier alpha value is -0.980. The molecule has 0 saturated carbocycles. The van der Waals surface area contributed by atoms with Gasteiger partial charge in [0.25, 0.3) is 5.69 Å². The molecule has 0 saturated heterocycles. The molecule has 1 aromatic rings. The molecule has 0 fully saturated rings. The topological polar surface area (TPSA) is 75.4 Å². The summed E-state index contributed by atoms with van der Waals surface area (Å²) in [6, 6.07) is 4.87. The van der Waals surface area contributed by atoms with Crippen LogP contribution in [0, 0.1) is 10.1 Å². The summed E-state index contributed by atoms with van der Waals surface area (Å²) in [5, 5.41) is 23.6. The number of nitrogens with zero attached hydrogens (tertiary/aromatic N) is 1. The van der Waals surface area contributed by atoms with Crippen LogP contribution in [0.5, 0.6) is 0 Å². The molecular formula is C13H19BrN2O3. The third-order valence-corrected chi connectivity index (χ3v) is 3.59. The van der Waals surface area contributed by atoms with Crippen molar-refractivity contribution in [2.75, 3.05) is 6.61 Å². The predicted molar refractivity (Wildman–Crippen MR) is 78.0 cm³/mol. The van der Waals surface area contributed by atoms with Crippen LogP contribution in [0.15, 0.2) is 22.7 Å². The molecule has 0 heterocycles. The smallest absolute Gasteiger partial charge is 0.273 e. The molecular weight excluding hydrogens is 312 g/mol. The van der Waals surface area contributed by atoms with E-state index in [1.807, 2.05) is 13.8 Å². The number of hydrogen-bond donors (Lipinski definition) is 2. The Morgan fingerprint density at radius 1 is 1.53 bits per heavy atom. The van der Waals surface area contributed by atoms with Crippen molar-refractivity contribution < 1.29 is 10.0 Å². The van der Waals surface area contributed by atoms with Crippen molar-refractivity contribution in [1.29, 1.82) is 0 Å².